The molecule has 4 heteroatoms. The first-order valence-electron chi connectivity index (χ1n) is 18.4. The Labute approximate surface area is 323 Å². The lowest BCUT2D eigenvalue weighted by molar-refractivity contribution is 1.18. The van der Waals surface area contributed by atoms with Gasteiger partial charge in [0.05, 0.1) is 11.4 Å². The number of hydrogen-bond acceptors (Lipinski definition) is 4. The fraction of sp³-hybridized carbons (Fsp3) is 0. The van der Waals surface area contributed by atoms with Gasteiger partial charge in [0.1, 0.15) is 0 Å². The van der Waals surface area contributed by atoms with Gasteiger partial charge >= 0.3 is 0 Å². The van der Waals surface area contributed by atoms with Crippen molar-refractivity contribution in [3.63, 3.8) is 0 Å². The highest BCUT2D eigenvalue weighted by Gasteiger charge is 2.17. The summed E-state index contributed by atoms with van der Waals surface area (Å²) in [5.41, 5.74) is 14.0. The zero-order valence-corrected chi connectivity index (χ0v) is 30.6. The second-order valence-electron chi connectivity index (χ2n) is 13.6. The zero-order chi connectivity index (χ0) is 36.6. The van der Waals surface area contributed by atoms with E-state index in [2.05, 4.69) is 163 Å². The third kappa shape index (κ3) is 6.29. The van der Waals surface area contributed by atoms with Crippen molar-refractivity contribution >= 4 is 31.5 Å². The average Bonchev–Trinajstić information content (AvgIpc) is 3.66. The average molecular weight is 720 g/mol. The second-order valence-corrected chi connectivity index (χ2v) is 14.7. The highest BCUT2D eigenvalue weighted by atomic mass is 32.1. The van der Waals surface area contributed by atoms with E-state index in [0.29, 0.717) is 5.82 Å². The van der Waals surface area contributed by atoms with Crippen molar-refractivity contribution in [1.29, 1.82) is 0 Å². The van der Waals surface area contributed by atoms with Crippen molar-refractivity contribution in [2.24, 2.45) is 0 Å². The lowest BCUT2D eigenvalue weighted by Crippen LogP contribution is -1.97. The summed E-state index contributed by atoms with van der Waals surface area (Å²) in [6.45, 7) is 0. The Kier molecular flexibility index (Phi) is 8.36. The van der Waals surface area contributed by atoms with E-state index in [-0.39, 0.29) is 0 Å². The molecule has 0 unspecified atom stereocenters. The maximum Gasteiger partial charge on any atom is 0.160 e. The van der Waals surface area contributed by atoms with Gasteiger partial charge in [-0.05, 0) is 87.0 Å². The van der Waals surface area contributed by atoms with E-state index in [9.17, 15) is 0 Å². The molecule has 10 rings (SSSR count). The van der Waals surface area contributed by atoms with Crippen LogP contribution in [0.5, 0.6) is 0 Å². The summed E-state index contributed by atoms with van der Waals surface area (Å²) in [7, 11) is 0. The lowest BCUT2D eigenvalue weighted by atomic mass is 9.92. The number of nitrogens with zero attached hydrogens (tertiary/aromatic N) is 3. The van der Waals surface area contributed by atoms with Crippen LogP contribution in [0.1, 0.15) is 0 Å². The van der Waals surface area contributed by atoms with Crippen LogP contribution in [0.15, 0.2) is 200 Å². The molecule has 0 radical (unpaired) electrons. The van der Waals surface area contributed by atoms with Crippen molar-refractivity contribution in [2.75, 3.05) is 0 Å². The summed E-state index contributed by atoms with van der Waals surface area (Å²) in [5.74, 6) is 0.684. The molecule has 10 aromatic rings. The van der Waals surface area contributed by atoms with Crippen molar-refractivity contribution in [3.05, 3.63) is 200 Å². The molecular formula is C51H33N3S. The molecule has 0 saturated heterocycles. The minimum Gasteiger partial charge on any atom is -0.265 e. The van der Waals surface area contributed by atoms with Gasteiger partial charge in [-0.15, -0.1) is 11.3 Å². The summed E-state index contributed by atoms with van der Waals surface area (Å²) in [5, 5.41) is 2.57. The largest absolute Gasteiger partial charge is 0.265 e. The van der Waals surface area contributed by atoms with Gasteiger partial charge in [-0.1, -0.05) is 146 Å². The van der Waals surface area contributed by atoms with Gasteiger partial charge in [0.2, 0.25) is 0 Å². The Morgan fingerprint density at radius 2 is 0.891 bits per heavy atom. The van der Waals surface area contributed by atoms with E-state index in [1.54, 1.807) is 0 Å². The van der Waals surface area contributed by atoms with Crippen LogP contribution in [0.2, 0.25) is 0 Å². The van der Waals surface area contributed by atoms with E-state index in [1.165, 1.54) is 36.9 Å². The summed E-state index contributed by atoms with van der Waals surface area (Å²) >= 11 is 1.85. The van der Waals surface area contributed by atoms with E-state index >= 15 is 0 Å². The van der Waals surface area contributed by atoms with Crippen LogP contribution in [-0.2, 0) is 0 Å². The molecule has 0 amide bonds. The van der Waals surface area contributed by atoms with E-state index < -0.39 is 0 Å². The zero-order valence-electron chi connectivity index (χ0n) is 29.8. The summed E-state index contributed by atoms with van der Waals surface area (Å²) in [4.78, 5) is 14.8. The van der Waals surface area contributed by atoms with E-state index in [4.69, 9.17) is 9.97 Å². The first kappa shape index (κ1) is 32.6. The lowest BCUT2D eigenvalue weighted by Gasteiger charge is -2.15. The summed E-state index contributed by atoms with van der Waals surface area (Å²) < 4.78 is 2.57. The molecule has 0 saturated carbocycles. The molecular weight excluding hydrogens is 687 g/mol. The predicted octanol–water partition coefficient (Wildman–Crippen LogP) is 13.9. The van der Waals surface area contributed by atoms with Crippen LogP contribution in [-0.4, -0.2) is 15.0 Å². The Morgan fingerprint density at radius 3 is 1.67 bits per heavy atom. The van der Waals surface area contributed by atoms with Crippen LogP contribution >= 0.6 is 11.3 Å². The topological polar surface area (TPSA) is 38.7 Å². The standard InChI is InChI=1S/C51H33N3S/c1-3-12-34(13-4-1)35-22-24-36(25-23-35)39-30-40(43-19-11-20-46-45-18-9-10-21-49(45)55-50(43)46)32-41(31-39)47-33-48(54-51(53-47)38-14-5-2-6-15-38)44-17-8-7-16-42(44)37-26-28-52-29-27-37/h1-33H. The first-order valence-corrected chi connectivity index (χ1v) is 19.2. The van der Waals surface area contributed by atoms with Gasteiger partial charge in [0.15, 0.2) is 5.82 Å². The molecule has 0 atom stereocenters. The van der Waals surface area contributed by atoms with Gasteiger partial charge in [0, 0.05) is 49.3 Å². The van der Waals surface area contributed by atoms with Gasteiger partial charge in [-0.3, -0.25) is 4.98 Å². The van der Waals surface area contributed by atoms with Crippen LogP contribution in [0.25, 0.3) is 98.6 Å². The minimum atomic E-state index is 0.684. The molecule has 3 aromatic heterocycles. The van der Waals surface area contributed by atoms with Crippen molar-refractivity contribution < 1.29 is 0 Å². The van der Waals surface area contributed by atoms with Gasteiger partial charge in [0.25, 0.3) is 0 Å². The van der Waals surface area contributed by atoms with Gasteiger partial charge in [-0.25, -0.2) is 9.97 Å². The van der Waals surface area contributed by atoms with Crippen LogP contribution < -0.4 is 0 Å². The number of pyridine rings is 1. The van der Waals surface area contributed by atoms with E-state index in [1.807, 2.05) is 54.1 Å². The number of benzene rings is 7. The molecule has 258 valence electrons. The van der Waals surface area contributed by atoms with Gasteiger partial charge < -0.3 is 0 Å². The Hall–Kier alpha value is -7.01. The molecule has 7 aromatic carbocycles. The van der Waals surface area contributed by atoms with E-state index in [0.717, 1.165) is 55.9 Å². The quantitative estimate of drug-likeness (QED) is 0.165. The molecule has 0 N–H and O–H groups in total. The minimum absolute atomic E-state index is 0.684. The molecule has 0 aliphatic carbocycles. The van der Waals surface area contributed by atoms with Crippen LogP contribution in [0, 0.1) is 0 Å². The normalized spacial score (nSPS) is 11.3. The molecule has 3 nitrogen and oxygen atoms in total. The maximum atomic E-state index is 5.30. The highest BCUT2D eigenvalue weighted by Crippen LogP contribution is 2.43. The number of fused-ring (bicyclic) bond motifs is 3. The third-order valence-corrected chi connectivity index (χ3v) is 11.4. The van der Waals surface area contributed by atoms with Crippen molar-refractivity contribution in [3.8, 4) is 78.4 Å². The molecule has 0 aliphatic heterocycles. The molecule has 0 fully saturated rings. The molecule has 0 aliphatic rings. The fourth-order valence-electron chi connectivity index (χ4n) is 7.50. The summed E-state index contributed by atoms with van der Waals surface area (Å²) in [6.07, 6.45) is 3.67. The predicted molar refractivity (Wildman–Crippen MR) is 231 cm³/mol. The van der Waals surface area contributed by atoms with Gasteiger partial charge in [-0.2, -0.15) is 0 Å². The fourth-order valence-corrected chi connectivity index (χ4v) is 8.74. The highest BCUT2D eigenvalue weighted by molar-refractivity contribution is 7.26. The van der Waals surface area contributed by atoms with Crippen molar-refractivity contribution in [2.45, 2.75) is 0 Å². The van der Waals surface area contributed by atoms with Crippen LogP contribution in [0.3, 0.4) is 0 Å². The monoisotopic (exact) mass is 719 g/mol. The molecule has 0 spiro atoms. The Morgan fingerprint density at radius 1 is 0.327 bits per heavy atom. The molecule has 0 bridgehead atoms. The number of aromatic nitrogens is 3. The number of hydrogen-bond donors (Lipinski definition) is 0. The smallest absolute Gasteiger partial charge is 0.160 e. The SMILES string of the molecule is c1ccc(-c2ccc(-c3cc(-c4cc(-c5ccccc5-c5ccncc5)nc(-c5ccccc5)n4)cc(-c4cccc5c4sc4ccccc45)c3)cc2)cc1. The molecule has 55 heavy (non-hydrogen) atoms. The van der Waals surface area contributed by atoms with Crippen LogP contribution in [0.4, 0.5) is 0 Å². The second kappa shape index (κ2) is 14.1. The number of rotatable bonds is 7. The van der Waals surface area contributed by atoms with Crippen molar-refractivity contribution in [1.82, 2.24) is 15.0 Å². The third-order valence-electron chi connectivity index (χ3n) is 10.2. The molecule has 3 heterocycles. The maximum absolute atomic E-state index is 5.30. The number of thiophene rings is 1. The first-order chi connectivity index (χ1) is 27.2. The Bertz CT molecular complexity index is 2950. The Balaban J connectivity index is 1.20. The summed E-state index contributed by atoms with van der Waals surface area (Å²) in [6, 6.07) is 66.7.